The topological polar surface area (TPSA) is 88.2 Å². The smallest absolute Gasteiger partial charge is 0.228 e. The maximum absolute atomic E-state index is 5.79. The molecule has 0 bridgehead atoms. The summed E-state index contributed by atoms with van der Waals surface area (Å²) in [6.07, 6.45) is 17.1. The van der Waals surface area contributed by atoms with Gasteiger partial charge in [-0.15, -0.1) is 0 Å². The number of aliphatic imine (C=N–C) groups is 1. The lowest BCUT2D eigenvalue weighted by molar-refractivity contribution is 0.462. The van der Waals surface area contributed by atoms with E-state index in [1.807, 2.05) is 32.2 Å². The molecule has 26 heavy (non-hydrogen) atoms. The van der Waals surface area contributed by atoms with Crippen molar-refractivity contribution < 1.29 is 0 Å². The van der Waals surface area contributed by atoms with Gasteiger partial charge in [0.05, 0.1) is 0 Å². The summed E-state index contributed by atoms with van der Waals surface area (Å²) in [6, 6.07) is 0.433. The van der Waals surface area contributed by atoms with Crippen molar-refractivity contribution >= 4 is 23.6 Å². The molecule has 0 saturated heterocycles. The number of hydrogen-bond donors (Lipinski definition) is 3. The van der Waals surface area contributed by atoms with Gasteiger partial charge in [-0.25, -0.2) is 4.98 Å². The first kappa shape index (κ1) is 19.7. The zero-order chi connectivity index (χ0) is 18.8. The number of anilines is 2. The summed E-state index contributed by atoms with van der Waals surface area (Å²) in [6.45, 7) is 4.01. The van der Waals surface area contributed by atoms with E-state index in [1.165, 1.54) is 19.3 Å². The predicted octanol–water partition coefficient (Wildman–Crippen LogP) is 4.11. The molecular formula is C20H30N6. The lowest BCUT2D eigenvalue weighted by Gasteiger charge is -2.24. The summed E-state index contributed by atoms with van der Waals surface area (Å²) in [5.41, 5.74) is 8.56. The largest absolute Gasteiger partial charge is 0.404 e. The predicted molar refractivity (Wildman–Crippen MR) is 111 cm³/mol. The second-order valence-electron chi connectivity index (χ2n) is 6.48. The molecule has 0 amide bonds. The summed E-state index contributed by atoms with van der Waals surface area (Å²) in [7, 11) is 1.73. The Labute approximate surface area is 156 Å². The van der Waals surface area contributed by atoms with E-state index in [0.29, 0.717) is 12.0 Å². The number of nitrogens with one attached hydrogen (secondary N) is 2. The van der Waals surface area contributed by atoms with Gasteiger partial charge in [0, 0.05) is 49.0 Å². The van der Waals surface area contributed by atoms with E-state index in [1.54, 1.807) is 25.7 Å². The molecule has 0 aliphatic heterocycles. The minimum Gasteiger partial charge on any atom is -0.404 e. The van der Waals surface area contributed by atoms with Crippen LogP contribution in [-0.2, 0) is 0 Å². The van der Waals surface area contributed by atoms with Gasteiger partial charge < -0.3 is 16.4 Å². The fraction of sp³-hybridized carbons (Fsp3) is 0.450. The Balaban J connectivity index is 2.30. The first-order valence-corrected chi connectivity index (χ1v) is 9.22. The molecule has 0 radical (unpaired) electrons. The highest BCUT2D eigenvalue weighted by atomic mass is 15.1. The molecule has 0 spiro atoms. The zero-order valence-electron chi connectivity index (χ0n) is 16.0. The van der Waals surface area contributed by atoms with Crippen LogP contribution in [-0.4, -0.2) is 29.3 Å². The summed E-state index contributed by atoms with van der Waals surface area (Å²) >= 11 is 0. The maximum Gasteiger partial charge on any atom is 0.228 e. The van der Waals surface area contributed by atoms with Crippen molar-refractivity contribution in [3.63, 3.8) is 0 Å². The average molecular weight is 355 g/mol. The highest BCUT2D eigenvalue weighted by Crippen LogP contribution is 2.26. The third kappa shape index (κ3) is 5.72. The Bertz CT molecular complexity index is 696. The van der Waals surface area contributed by atoms with Crippen LogP contribution in [0.1, 0.15) is 51.5 Å². The van der Waals surface area contributed by atoms with Gasteiger partial charge >= 0.3 is 0 Å². The monoisotopic (exact) mass is 354 g/mol. The number of hydrogen-bond acceptors (Lipinski definition) is 6. The van der Waals surface area contributed by atoms with Crippen molar-refractivity contribution in [2.75, 3.05) is 17.7 Å². The van der Waals surface area contributed by atoms with Gasteiger partial charge in [0.1, 0.15) is 5.82 Å². The Morgan fingerprint density at radius 1 is 1.31 bits per heavy atom. The standard InChI is InChI=1S/C20H30N6/c1-4-8-15(2)12-23-20-24-14-18(16(11-21)13-22-3)19(26-20)25-17-9-6-5-7-10-17/h4,8,11-14,17H,5-7,9-10,21H2,1-3H3,(H2,23,24,25,26)/b8-4-,15-12+,16-11?,22-13?. The van der Waals surface area contributed by atoms with Gasteiger partial charge in [0.25, 0.3) is 0 Å². The van der Waals surface area contributed by atoms with Crippen LogP contribution < -0.4 is 16.4 Å². The zero-order valence-corrected chi connectivity index (χ0v) is 16.0. The summed E-state index contributed by atoms with van der Waals surface area (Å²) in [5, 5.41) is 6.76. The highest BCUT2D eigenvalue weighted by molar-refractivity contribution is 6.11. The summed E-state index contributed by atoms with van der Waals surface area (Å²) in [5.74, 6) is 1.35. The van der Waals surface area contributed by atoms with Gasteiger partial charge in [-0.3, -0.25) is 4.99 Å². The number of nitrogens with zero attached hydrogens (tertiary/aromatic N) is 3. The molecular weight excluding hydrogens is 324 g/mol. The van der Waals surface area contributed by atoms with Gasteiger partial charge in [-0.2, -0.15) is 4.98 Å². The molecule has 0 aromatic carbocycles. The van der Waals surface area contributed by atoms with Crippen LogP contribution >= 0.6 is 0 Å². The first-order chi connectivity index (χ1) is 12.7. The van der Waals surface area contributed by atoms with Crippen LogP contribution in [0.5, 0.6) is 0 Å². The fourth-order valence-electron chi connectivity index (χ4n) is 3.04. The van der Waals surface area contributed by atoms with Gasteiger partial charge in [0.15, 0.2) is 0 Å². The fourth-order valence-corrected chi connectivity index (χ4v) is 3.04. The molecule has 1 aliphatic carbocycles. The molecule has 2 rings (SSSR count). The molecule has 1 aliphatic rings. The normalized spacial score (nSPS) is 17.2. The van der Waals surface area contributed by atoms with Crippen LogP contribution in [0.15, 0.2) is 41.3 Å². The Morgan fingerprint density at radius 3 is 2.73 bits per heavy atom. The van der Waals surface area contributed by atoms with Crippen molar-refractivity contribution in [2.45, 2.75) is 52.0 Å². The molecule has 1 aromatic rings. The van der Waals surface area contributed by atoms with E-state index in [0.717, 1.165) is 35.4 Å². The molecule has 0 unspecified atom stereocenters. The number of nitrogens with two attached hydrogens (primary N) is 1. The Kier molecular flexibility index (Phi) is 7.86. The van der Waals surface area contributed by atoms with E-state index in [-0.39, 0.29) is 0 Å². The lowest BCUT2D eigenvalue weighted by atomic mass is 9.95. The van der Waals surface area contributed by atoms with Crippen LogP contribution in [0, 0.1) is 0 Å². The van der Waals surface area contributed by atoms with Crippen molar-refractivity contribution in [1.82, 2.24) is 9.97 Å². The number of aromatic nitrogens is 2. The molecule has 1 aromatic heterocycles. The van der Waals surface area contributed by atoms with Gasteiger partial charge in [-0.1, -0.05) is 31.4 Å². The highest BCUT2D eigenvalue weighted by Gasteiger charge is 2.17. The molecule has 1 saturated carbocycles. The summed E-state index contributed by atoms with van der Waals surface area (Å²) in [4.78, 5) is 13.2. The molecule has 6 heteroatoms. The molecule has 140 valence electrons. The van der Waals surface area contributed by atoms with Crippen molar-refractivity contribution in [1.29, 1.82) is 0 Å². The van der Waals surface area contributed by atoms with Gasteiger partial charge in [0.2, 0.25) is 5.95 Å². The minimum atomic E-state index is 0.433. The Morgan fingerprint density at radius 2 is 2.08 bits per heavy atom. The van der Waals surface area contributed by atoms with E-state index >= 15 is 0 Å². The van der Waals surface area contributed by atoms with Crippen LogP contribution in [0.3, 0.4) is 0 Å². The van der Waals surface area contributed by atoms with E-state index in [4.69, 9.17) is 5.73 Å². The quantitative estimate of drug-likeness (QED) is 0.506. The van der Waals surface area contributed by atoms with Crippen molar-refractivity contribution in [3.8, 4) is 0 Å². The van der Waals surface area contributed by atoms with Gasteiger partial charge in [-0.05, 0) is 32.3 Å². The van der Waals surface area contributed by atoms with Crippen LogP contribution in [0.25, 0.3) is 5.57 Å². The van der Waals surface area contributed by atoms with Crippen molar-refractivity contribution in [2.24, 2.45) is 10.7 Å². The maximum atomic E-state index is 5.79. The molecule has 0 atom stereocenters. The number of allylic oxidation sites excluding steroid dienone is 4. The summed E-state index contributed by atoms with van der Waals surface area (Å²) < 4.78 is 0. The minimum absolute atomic E-state index is 0.433. The third-order valence-corrected chi connectivity index (χ3v) is 4.35. The van der Waals surface area contributed by atoms with Crippen molar-refractivity contribution in [3.05, 3.63) is 41.9 Å². The average Bonchev–Trinajstić information content (AvgIpc) is 2.66. The molecule has 6 nitrogen and oxygen atoms in total. The second kappa shape index (κ2) is 10.4. The van der Waals surface area contributed by atoms with E-state index in [2.05, 4.69) is 25.6 Å². The number of rotatable bonds is 7. The Hall–Kier alpha value is -2.63. The molecule has 4 N–H and O–H groups in total. The van der Waals surface area contributed by atoms with Crippen LogP contribution in [0.4, 0.5) is 11.8 Å². The van der Waals surface area contributed by atoms with E-state index in [9.17, 15) is 0 Å². The molecule has 1 fully saturated rings. The molecule has 1 heterocycles. The van der Waals surface area contributed by atoms with Crippen LogP contribution in [0.2, 0.25) is 0 Å². The lowest BCUT2D eigenvalue weighted by Crippen LogP contribution is -2.24. The first-order valence-electron chi connectivity index (χ1n) is 9.22. The second-order valence-corrected chi connectivity index (χ2v) is 6.48. The third-order valence-electron chi connectivity index (χ3n) is 4.35. The van der Waals surface area contributed by atoms with E-state index < -0.39 is 0 Å². The SMILES string of the molecule is C/C=C\C(C)=C\Nc1ncc(C(C=NC)=CN)c(NC2CCCCC2)n1.